The monoisotopic (exact) mass is 284 g/mol. The van der Waals surface area contributed by atoms with Gasteiger partial charge in [-0.3, -0.25) is 10.1 Å². The minimum Gasteiger partial charge on any atom is -0.373 e. The molecule has 4 nitrogen and oxygen atoms in total. The van der Waals surface area contributed by atoms with Crippen molar-refractivity contribution >= 4 is 11.4 Å². The number of anilines is 1. The summed E-state index contributed by atoms with van der Waals surface area (Å²) in [5.74, 6) is 0. The standard InChI is InChI=1S/C17H20N2O2/c1-11-5-7-13(3)15(9-11)14(4)18-16-8-6-12(2)10-17(16)19(20)21/h5-10,14,18H,1-4H3. The Hall–Kier alpha value is -2.36. The minimum atomic E-state index is -0.342. The second kappa shape index (κ2) is 5.95. The van der Waals surface area contributed by atoms with Crippen LogP contribution in [0, 0.1) is 30.9 Å². The van der Waals surface area contributed by atoms with E-state index in [9.17, 15) is 10.1 Å². The van der Waals surface area contributed by atoms with E-state index in [2.05, 4.69) is 30.4 Å². The molecular formula is C17H20N2O2. The summed E-state index contributed by atoms with van der Waals surface area (Å²) in [6, 6.07) is 11.5. The van der Waals surface area contributed by atoms with Gasteiger partial charge in [0.25, 0.3) is 5.69 Å². The van der Waals surface area contributed by atoms with E-state index in [4.69, 9.17) is 0 Å². The van der Waals surface area contributed by atoms with E-state index in [-0.39, 0.29) is 16.7 Å². The molecule has 0 aromatic heterocycles. The molecule has 1 N–H and O–H groups in total. The third kappa shape index (κ3) is 3.40. The highest BCUT2D eigenvalue weighted by Gasteiger charge is 2.17. The van der Waals surface area contributed by atoms with Gasteiger partial charge in [0, 0.05) is 12.1 Å². The average molecular weight is 284 g/mol. The molecule has 0 aliphatic carbocycles. The minimum absolute atomic E-state index is 0.00584. The Morgan fingerprint density at radius 2 is 1.67 bits per heavy atom. The molecule has 4 heteroatoms. The Kier molecular flexibility index (Phi) is 4.26. The molecule has 2 rings (SSSR count). The number of nitro groups is 1. The van der Waals surface area contributed by atoms with Crippen molar-refractivity contribution < 1.29 is 4.92 Å². The Morgan fingerprint density at radius 3 is 2.33 bits per heavy atom. The first-order valence-corrected chi connectivity index (χ1v) is 6.97. The Bertz CT molecular complexity index is 680. The zero-order valence-corrected chi connectivity index (χ0v) is 12.8. The van der Waals surface area contributed by atoms with Gasteiger partial charge in [0.2, 0.25) is 0 Å². The molecule has 1 unspecified atom stereocenters. The van der Waals surface area contributed by atoms with Crippen molar-refractivity contribution in [1.29, 1.82) is 0 Å². The van der Waals surface area contributed by atoms with Gasteiger partial charge in [-0.2, -0.15) is 0 Å². The molecule has 0 aliphatic rings. The fourth-order valence-corrected chi connectivity index (χ4v) is 2.45. The van der Waals surface area contributed by atoms with Gasteiger partial charge in [-0.1, -0.05) is 29.8 Å². The SMILES string of the molecule is Cc1ccc(C)c(C(C)Nc2ccc(C)cc2[N+](=O)[O-])c1. The molecule has 0 heterocycles. The van der Waals surface area contributed by atoms with Crippen molar-refractivity contribution in [3.05, 3.63) is 68.8 Å². The summed E-state index contributed by atoms with van der Waals surface area (Å²) in [5, 5.41) is 14.4. The first-order chi connectivity index (χ1) is 9.88. The lowest BCUT2D eigenvalue weighted by Gasteiger charge is -2.18. The summed E-state index contributed by atoms with van der Waals surface area (Å²) < 4.78 is 0. The van der Waals surface area contributed by atoms with Crippen molar-refractivity contribution in [3.63, 3.8) is 0 Å². The molecule has 0 fully saturated rings. The quantitative estimate of drug-likeness (QED) is 0.654. The predicted molar refractivity (Wildman–Crippen MR) is 85.8 cm³/mol. The molecule has 0 bridgehead atoms. The lowest BCUT2D eigenvalue weighted by molar-refractivity contribution is -0.384. The zero-order valence-electron chi connectivity index (χ0n) is 12.8. The van der Waals surface area contributed by atoms with Gasteiger partial charge in [0.05, 0.1) is 4.92 Å². The van der Waals surface area contributed by atoms with Gasteiger partial charge in [0.1, 0.15) is 5.69 Å². The van der Waals surface area contributed by atoms with Crippen molar-refractivity contribution in [1.82, 2.24) is 0 Å². The van der Waals surface area contributed by atoms with Crippen LogP contribution in [0.25, 0.3) is 0 Å². The molecule has 0 radical (unpaired) electrons. The van der Waals surface area contributed by atoms with E-state index in [0.717, 1.165) is 11.1 Å². The summed E-state index contributed by atoms with van der Waals surface area (Å²) >= 11 is 0. The summed E-state index contributed by atoms with van der Waals surface area (Å²) in [5.41, 5.74) is 5.07. The number of aryl methyl sites for hydroxylation is 3. The Morgan fingerprint density at radius 1 is 1.05 bits per heavy atom. The Labute approximate surface area is 125 Å². The van der Waals surface area contributed by atoms with E-state index in [1.54, 1.807) is 12.1 Å². The number of benzene rings is 2. The zero-order chi connectivity index (χ0) is 15.6. The largest absolute Gasteiger partial charge is 0.373 e. The van der Waals surface area contributed by atoms with E-state index < -0.39 is 0 Å². The van der Waals surface area contributed by atoms with E-state index >= 15 is 0 Å². The van der Waals surface area contributed by atoms with Crippen molar-refractivity contribution in [2.75, 3.05) is 5.32 Å². The molecule has 2 aromatic carbocycles. The lowest BCUT2D eigenvalue weighted by atomic mass is 9.99. The number of hydrogen-bond donors (Lipinski definition) is 1. The maximum Gasteiger partial charge on any atom is 0.292 e. The first-order valence-electron chi connectivity index (χ1n) is 6.97. The molecule has 0 saturated heterocycles. The highest BCUT2D eigenvalue weighted by atomic mass is 16.6. The van der Waals surface area contributed by atoms with E-state index in [1.165, 1.54) is 11.1 Å². The number of hydrogen-bond acceptors (Lipinski definition) is 3. The maximum absolute atomic E-state index is 11.2. The van der Waals surface area contributed by atoms with Gasteiger partial charge in [-0.15, -0.1) is 0 Å². The maximum atomic E-state index is 11.2. The summed E-state index contributed by atoms with van der Waals surface area (Å²) in [6.07, 6.45) is 0. The van der Waals surface area contributed by atoms with Gasteiger partial charge in [-0.05, 0) is 50.5 Å². The van der Waals surface area contributed by atoms with Crippen molar-refractivity contribution in [2.45, 2.75) is 33.7 Å². The molecular weight excluding hydrogens is 264 g/mol. The van der Waals surface area contributed by atoms with Crippen molar-refractivity contribution in [2.24, 2.45) is 0 Å². The highest BCUT2D eigenvalue weighted by Crippen LogP contribution is 2.30. The normalized spacial score (nSPS) is 12.0. The van der Waals surface area contributed by atoms with E-state index in [1.807, 2.05) is 26.8 Å². The second-order valence-electron chi connectivity index (χ2n) is 5.50. The van der Waals surface area contributed by atoms with Gasteiger partial charge in [-0.25, -0.2) is 0 Å². The molecule has 0 amide bonds. The molecule has 110 valence electrons. The third-order valence-corrected chi connectivity index (χ3v) is 3.62. The molecule has 1 atom stereocenters. The first kappa shape index (κ1) is 15.0. The smallest absolute Gasteiger partial charge is 0.292 e. The van der Waals surface area contributed by atoms with Crippen LogP contribution in [0.1, 0.15) is 35.2 Å². The van der Waals surface area contributed by atoms with Crippen LogP contribution in [0.4, 0.5) is 11.4 Å². The topological polar surface area (TPSA) is 55.2 Å². The summed E-state index contributed by atoms with van der Waals surface area (Å²) in [4.78, 5) is 10.8. The van der Waals surface area contributed by atoms with Crippen LogP contribution in [-0.2, 0) is 0 Å². The van der Waals surface area contributed by atoms with Crippen LogP contribution in [0.5, 0.6) is 0 Å². The fraction of sp³-hybridized carbons (Fsp3) is 0.294. The van der Waals surface area contributed by atoms with Crippen LogP contribution in [0.2, 0.25) is 0 Å². The van der Waals surface area contributed by atoms with Gasteiger partial charge < -0.3 is 5.32 Å². The van der Waals surface area contributed by atoms with E-state index in [0.29, 0.717) is 5.69 Å². The number of nitrogens with one attached hydrogen (secondary N) is 1. The number of rotatable bonds is 4. The lowest BCUT2D eigenvalue weighted by Crippen LogP contribution is -2.10. The molecule has 0 aliphatic heterocycles. The van der Waals surface area contributed by atoms with Crippen LogP contribution >= 0.6 is 0 Å². The third-order valence-electron chi connectivity index (χ3n) is 3.62. The van der Waals surface area contributed by atoms with Crippen LogP contribution in [-0.4, -0.2) is 4.92 Å². The second-order valence-corrected chi connectivity index (χ2v) is 5.50. The van der Waals surface area contributed by atoms with Crippen LogP contribution in [0.3, 0.4) is 0 Å². The number of nitro benzene ring substituents is 1. The highest BCUT2D eigenvalue weighted by molar-refractivity contribution is 5.63. The summed E-state index contributed by atoms with van der Waals surface area (Å²) in [7, 11) is 0. The Balaban J connectivity index is 2.33. The molecule has 0 saturated carbocycles. The summed E-state index contributed by atoms with van der Waals surface area (Å²) in [6.45, 7) is 7.97. The van der Waals surface area contributed by atoms with Crippen molar-refractivity contribution in [3.8, 4) is 0 Å². The van der Waals surface area contributed by atoms with Gasteiger partial charge in [0.15, 0.2) is 0 Å². The fourth-order valence-electron chi connectivity index (χ4n) is 2.45. The molecule has 0 spiro atoms. The van der Waals surface area contributed by atoms with Gasteiger partial charge >= 0.3 is 0 Å². The molecule has 21 heavy (non-hydrogen) atoms. The van der Waals surface area contributed by atoms with Crippen LogP contribution in [0.15, 0.2) is 36.4 Å². The predicted octanol–water partition coefficient (Wildman–Crippen LogP) is 4.69. The molecule has 2 aromatic rings. The average Bonchev–Trinajstić information content (AvgIpc) is 2.43. The number of nitrogens with zero attached hydrogens (tertiary/aromatic N) is 1. The van der Waals surface area contributed by atoms with Crippen LogP contribution < -0.4 is 5.32 Å².